The van der Waals surface area contributed by atoms with Gasteiger partial charge in [-0.2, -0.15) is 5.26 Å². The monoisotopic (exact) mass is 169 g/mol. The van der Waals surface area contributed by atoms with Crippen molar-refractivity contribution in [3.63, 3.8) is 0 Å². The molecule has 0 aromatic rings. The molecule has 0 amide bonds. The lowest BCUT2D eigenvalue weighted by Crippen LogP contribution is -2.45. The topological polar surface area (TPSA) is 93.7 Å². The Morgan fingerprint density at radius 3 is 2.33 bits per heavy atom. The van der Waals surface area contributed by atoms with Gasteiger partial charge in [-0.05, 0) is 0 Å². The van der Waals surface area contributed by atoms with Crippen molar-refractivity contribution >= 4 is 7.85 Å². The third-order valence-corrected chi connectivity index (χ3v) is 1.91. The summed E-state index contributed by atoms with van der Waals surface area (Å²) in [6.07, 6.45) is -2.81. The van der Waals surface area contributed by atoms with Crippen LogP contribution in [0.15, 0.2) is 0 Å². The van der Waals surface area contributed by atoms with Gasteiger partial charge in [0, 0.05) is 6.00 Å². The molecule has 1 aliphatic heterocycles. The Hall–Kier alpha value is -0.605. The lowest BCUT2D eigenvalue weighted by atomic mass is 9.90. The molecule has 6 heteroatoms. The van der Waals surface area contributed by atoms with E-state index in [1.165, 1.54) is 0 Å². The average Bonchev–Trinajstić information content (AvgIpc) is 2.30. The molecule has 1 unspecified atom stereocenters. The summed E-state index contributed by atoms with van der Waals surface area (Å²) >= 11 is 0. The lowest BCUT2D eigenvalue weighted by molar-refractivity contribution is -0.0600. The molecule has 0 aromatic carbocycles. The van der Waals surface area contributed by atoms with Crippen LogP contribution in [0.1, 0.15) is 0 Å². The molecule has 0 aromatic heterocycles. The summed E-state index contributed by atoms with van der Waals surface area (Å²) in [5.41, 5.74) is -1.78. The van der Waals surface area contributed by atoms with Gasteiger partial charge in [-0.3, -0.25) is 0 Å². The highest BCUT2D eigenvalue weighted by molar-refractivity contribution is 6.11. The van der Waals surface area contributed by atoms with E-state index in [9.17, 15) is 5.11 Å². The fourth-order valence-electron chi connectivity index (χ4n) is 1.10. The van der Waals surface area contributed by atoms with Crippen molar-refractivity contribution in [2.75, 3.05) is 6.61 Å². The molecule has 0 saturated carbocycles. The molecule has 1 heterocycles. The van der Waals surface area contributed by atoms with Crippen LogP contribution in [0, 0.1) is 11.3 Å². The molecule has 4 atom stereocenters. The maximum absolute atomic E-state index is 9.24. The van der Waals surface area contributed by atoms with Crippen molar-refractivity contribution < 1.29 is 20.1 Å². The summed E-state index contributed by atoms with van der Waals surface area (Å²) < 4.78 is 4.74. The molecule has 12 heavy (non-hydrogen) atoms. The molecular formula is C6H8BNO4. The van der Waals surface area contributed by atoms with Gasteiger partial charge >= 0.3 is 0 Å². The minimum atomic E-state index is -1.78. The van der Waals surface area contributed by atoms with Crippen molar-refractivity contribution in [3.8, 4) is 6.07 Å². The maximum atomic E-state index is 9.24. The van der Waals surface area contributed by atoms with Crippen LogP contribution >= 0.6 is 0 Å². The van der Waals surface area contributed by atoms with E-state index < -0.39 is 30.4 Å². The van der Waals surface area contributed by atoms with Gasteiger partial charge in [0.1, 0.15) is 26.1 Å². The smallest absolute Gasteiger partial charge is 0.204 e. The fourth-order valence-corrected chi connectivity index (χ4v) is 1.10. The molecule has 2 radical (unpaired) electrons. The number of nitrogens with zero attached hydrogens (tertiary/aromatic N) is 1. The van der Waals surface area contributed by atoms with E-state index in [-0.39, 0.29) is 0 Å². The van der Waals surface area contributed by atoms with Gasteiger partial charge < -0.3 is 20.1 Å². The molecular weight excluding hydrogens is 161 g/mol. The van der Waals surface area contributed by atoms with Crippen LogP contribution in [0.5, 0.6) is 0 Å². The second-order valence-electron chi connectivity index (χ2n) is 2.68. The van der Waals surface area contributed by atoms with Gasteiger partial charge in [0.2, 0.25) is 5.60 Å². The van der Waals surface area contributed by atoms with E-state index in [1.807, 2.05) is 0 Å². The van der Waals surface area contributed by atoms with Gasteiger partial charge in [0.25, 0.3) is 0 Å². The highest BCUT2D eigenvalue weighted by Gasteiger charge is 2.52. The van der Waals surface area contributed by atoms with E-state index in [0.717, 1.165) is 0 Å². The van der Waals surface area contributed by atoms with Crippen LogP contribution < -0.4 is 0 Å². The molecule has 0 aliphatic carbocycles. The molecule has 1 rings (SSSR count). The van der Waals surface area contributed by atoms with Gasteiger partial charge in [-0.15, -0.1) is 0 Å². The summed E-state index contributed by atoms with van der Waals surface area (Å²) in [5, 5.41) is 35.7. The Bertz CT molecular complexity index is 218. The first-order valence-electron chi connectivity index (χ1n) is 3.39. The van der Waals surface area contributed by atoms with Crippen LogP contribution in [0.2, 0.25) is 0 Å². The lowest BCUT2D eigenvalue weighted by Gasteiger charge is -2.21. The number of nitriles is 1. The zero-order valence-corrected chi connectivity index (χ0v) is 6.21. The van der Waals surface area contributed by atoms with Gasteiger partial charge in [0.05, 0.1) is 6.61 Å². The Morgan fingerprint density at radius 1 is 1.58 bits per heavy atom. The van der Waals surface area contributed by atoms with Crippen molar-refractivity contribution in [2.45, 2.75) is 23.8 Å². The van der Waals surface area contributed by atoms with E-state index >= 15 is 0 Å². The summed E-state index contributed by atoms with van der Waals surface area (Å²) in [4.78, 5) is 0. The molecule has 0 spiro atoms. The van der Waals surface area contributed by atoms with E-state index in [2.05, 4.69) is 0 Å². The highest BCUT2D eigenvalue weighted by Crippen LogP contribution is 2.28. The Morgan fingerprint density at radius 2 is 2.17 bits per heavy atom. The molecule has 1 fully saturated rings. The Kier molecular flexibility index (Phi) is 2.40. The van der Waals surface area contributed by atoms with Crippen molar-refractivity contribution in [3.05, 3.63) is 0 Å². The summed E-state index contributed by atoms with van der Waals surface area (Å²) in [6.45, 7) is -0.699. The van der Waals surface area contributed by atoms with Crippen LogP contribution in [0.3, 0.4) is 0 Å². The SMILES string of the molecule is [B][C@@H]1O[C@](C#N)(CO)C(O)[C@@H]1O. The summed E-state index contributed by atoms with van der Waals surface area (Å²) in [5.74, 6) is 0. The summed E-state index contributed by atoms with van der Waals surface area (Å²) in [7, 11) is 5.20. The third-order valence-electron chi connectivity index (χ3n) is 1.91. The minimum absolute atomic E-state index is 0.699. The first-order chi connectivity index (χ1) is 5.57. The van der Waals surface area contributed by atoms with Crippen molar-refractivity contribution in [1.82, 2.24) is 0 Å². The van der Waals surface area contributed by atoms with Gasteiger partial charge in [0.15, 0.2) is 0 Å². The van der Waals surface area contributed by atoms with Crippen LogP contribution in [-0.4, -0.2) is 53.6 Å². The van der Waals surface area contributed by atoms with Crippen LogP contribution in [0.4, 0.5) is 0 Å². The predicted octanol–water partition coefficient (Wildman–Crippen LogP) is -2.51. The maximum Gasteiger partial charge on any atom is 0.204 e. The second-order valence-corrected chi connectivity index (χ2v) is 2.68. The molecule has 1 saturated heterocycles. The molecule has 1 aliphatic rings. The molecule has 0 bridgehead atoms. The predicted molar refractivity (Wildman–Crippen MR) is 38.1 cm³/mol. The van der Waals surface area contributed by atoms with Gasteiger partial charge in [-0.1, -0.05) is 0 Å². The third kappa shape index (κ3) is 1.11. The van der Waals surface area contributed by atoms with Gasteiger partial charge in [-0.25, -0.2) is 0 Å². The largest absolute Gasteiger partial charge is 0.392 e. The average molecular weight is 169 g/mol. The quantitative estimate of drug-likeness (QED) is 0.377. The summed E-state index contributed by atoms with van der Waals surface area (Å²) in [6, 6.07) is 0.443. The highest BCUT2D eigenvalue weighted by atomic mass is 16.6. The Balaban J connectivity index is 2.89. The normalized spacial score (nSPS) is 47.3. The van der Waals surface area contributed by atoms with Crippen LogP contribution in [-0.2, 0) is 4.74 Å². The van der Waals surface area contributed by atoms with Crippen LogP contribution in [0.25, 0.3) is 0 Å². The van der Waals surface area contributed by atoms with Crippen molar-refractivity contribution in [2.24, 2.45) is 0 Å². The zero-order valence-electron chi connectivity index (χ0n) is 6.21. The molecule has 5 nitrogen and oxygen atoms in total. The fraction of sp³-hybridized carbons (Fsp3) is 0.833. The Labute approximate surface area is 70.6 Å². The number of aliphatic hydroxyl groups excluding tert-OH is 3. The van der Waals surface area contributed by atoms with E-state index in [1.54, 1.807) is 6.07 Å². The number of ether oxygens (including phenoxy) is 1. The second kappa shape index (κ2) is 3.03. The first kappa shape index (κ1) is 9.48. The van der Waals surface area contributed by atoms with Crippen molar-refractivity contribution in [1.29, 1.82) is 5.26 Å². The number of rotatable bonds is 1. The number of aliphatic hydroxyl groups is 3. The molecule has 3 N–H and O–H groups in total. The number of hydrogen-bond acceptors (Lipinski definition) is 5. The zero-order chi connectivity index (χ0) is 9.35. The number of hydrogen-bond donors (Lipinski definition) is 3. The standard InChI is InChI=1S/C6H8BNO4/c7-5-3(10)4(11)6(1-8,2-9)12-5/h3-5,9-11H,2H2/t3-,4?,5+,6+/m0/s1. The van der Waals surface area contributed by atoms with E-state index in [0.29, 0.717) is 0 Å². The van der Waals surface area contributed by atoms with E-state index in [4.69, 9.17) is 28.1 Å². The molecule has 64 valence electrons. The minimum Gasteiger partial charge on any atom is -0.392 e. The first-order valence-corrected chi connectivity index (χ1v) is 3.39.